The third kappa shape index (κ3) is 2.12. The zero-order valence-corrected chi connectivity index (χ0v) is 7.35. The van der Waals surface area contributed by atoms with Crippen LogP contribution in [0.5, 0.6) is 0 Å². The summed E-state index contributed by atoms with van der Waals surface area (Å²) in [6.45, 7) is 3.71. The minimum Gasteiger partial charge on any atom is -0.175 e. The molecule has 0 radical (unpaired) electrons. The maximum absolute atomic E-state index is 4.24. The Balaban J connectivity index is 2.92. The second kappa shape index (κ2) is 4.24. The molecular weight excluding hydrogens is 152 g/mol. The average molecular weight is 164 g/mol. The first-order valence-electron chi connectivity index (χ1n) is 3.67. The van der Waals surface area contributed by atoms with Crippen molar-refractivity contribution in [3.63, 3.8) is 0 Å². The monoisotopic (exact) mass is 164 g/mol. The Labute approximate surface area is 73.4 Å². The number of hydrogen-bond acceptors (Lipinski definition) is 1. The summed E-state index contributed by atoms with van der Waals surface area (Å²) in [5.74, 6) is 0.810. The molecule has 58 valence electrons. The first-order chi connectivity index (χ1) is 5.38. The fourth-order valence-electron chi connectivity index (χ4n) is 1.07. The van der Waals surface area contributed by atoms with Gasteiger partial charge < -0.3 is 0 Å². The largest absolute Gasteiger partial charge is 0.175 e. The van der Waals surface area contributed by atoms with Crippen LogP contribution in [-0.2, 0) is 12.2 Å². The zero-order valence-electron chi connectivity index (χ0n) is 6.46. The molecule has 0 aromatic heterocycles. The Bertz CT molecular complexity index is 240. The van der Waals surface area contributed by atoms with Gasteiger partial charge in [-0.15, -0.1) is 6.58 Å². The van der Waals surface area contributed by atoms with Crippen LogP contribution in [0.25, 0.3) is 0 Å². The standard InChI is InChI=1S/C10H12S/c1-2-5-9-6-3-4-7-10(9)8-11/h2-4,6-7,11H,1,5,8H2. The van der Waals surface area contributed by atoms with Crippen LogP contribution < -0.4 is 0 Å². The number of benzene rings is 1. The number of rotatable bonds is 3. The minimum absolute atomic E-state index is 0.810. The van der Waals surface area contributed by atoms with Crippen LogP contribution in [0.1, 0.15) is 11.1 Å². The lowest BCUT2D eigenvalue weighted by Crippen LogP contribution is -1.87. The lowest BCUT2D eigenvalue weighted by Gasteiger charge is -2.02. The van der Waals surface area contributed by atoms with E-state index in [2.05, 4.69) is 31.3 Å². The summed E-state index contributed by atoms with van der Waals surface area (Å²) in [6.07, 6.45) is 2.86. The molecule has 11 heavy (non-hydrogen) atoms. The molecule has 0 fully saturated rings. The molecule has 0 saturated carbocycles. The Hall–Kier alpha value is -0.690. The Morgan fingerprint density at radius 2 is 1.91 bits per heavy atom. The molecule has 0 heterocycles. The molecule has 0 atom stereocenters. The predicted octanol–water partition coefficient (Wildman–Crippen LogP) is 2.84. The topological polar surface area (TPSA) is 0 Å². The molecule has 0 saturated heterocycles. The van der Waals surface area contributed by atoms with Crippen LogP contribution in [0.4, 0.5) is 0 Å². The molecule has 0 aliphatic heterocycles. The molecule has 0 aliphatic carbocycles. The Morgan fingerprint density at radius 3 is 2.45 bits per heavy atom. The molecule has 0 amide bonds. The van der Waals surface area contributed by atoms with Gasteiger partial charge in [-0.1, -0.05) is 30.3 Å². The number of thiol groups is 1. The van der Waals surface area contributed by atoms with E-state index in [9.17, 15) is 0 Å². The number of hydrogen-bond donors (Lipinski definition) is 1. The summed E-state index contributed by atoms with van der Waals surface area (Å²) in [5.41, 5.74) is 2.63. The molecule has 1 aromatic carbocycles. The second-order valence-electron chi connectivity index (χ2n) is 2.42. The fraction of sp³-hybridized carbons (Fsp3) is 0.200. The first kappa shape index (κ1) is 8.41. The smallest absolute Gasteiger partial charge is 0.0157 e. The van der Waals surface area contributed by atoms with Crippen LogP contribution in [0.15, 0.2) is 36.9 Å². The highest BCUT2D eigenvalue weighted by Gasteiger charge is 1.95. The summed E-state index contributed by atoms with van der Waals surface area (Å²) in [6, 6.07) is 8.31. The van der Waals surface area contributed by atoms with E-state index in [1.165, 1.54) is 11.1 Å². The Kier molecular flexibility index (Phi) is 3.24. The predicted molar refractivity (Wildman–Crippen MR) is 53.0 cm³/mol. The lowest BCUT2D eigenvalue weighted by molar-refractivity contribution is 1.21. The molecular formula is C10H12S. The van der Waals surface area contributed by atoms with Crippen molar-refractivity contribution in [2.75, 3.05) is 0 Å². The summed E-state index contributed by atoms with van der Waals surface area (Å²) >= 11 is 4.24. The van der Waals surface area contributed by atoms with Crippen molar-refractivity contribution in [1.29, 1.82) is 0 Å². The van der Waals surface area contributed by atoms with E-state index in [0.717, 1.165) is 12.2 Å². The first-order valence-corrected chi connectivity index (χ1v) is 4.30. The minimum atomic E-state index is 0.810. The lowest BCUT2D eigenvalue weighted by atomic mass is 10.1. The SMILES string of the molecule is C=CCc1ccccc1CS. The van der Waals surface area contributed by atoms with E-state index >= 15 is 0 Å². The van der Waals surface area contributed by atoms with Crippen LogP contribution in [0.3, 0.4) is 0 Å². The molecule has 0 N–H and O–H groups in total. The van der Waals surface area contributed by atoms with Gasteiger partial charge in [-0.25, -0.2) is 0 Å². The van der Waals surface area contributed by atoms with Gasteiger partial charge in [0, 0.05) is 5.75 Å². The van der Waals surface area contributed by atoms with Crippen molar-refractivity contribution >= 4 is 12.6 Å². The zero-order chi connectivity index (χ0) is 8.10. The average Bonchev–Trinajstić information content (AvgIpc) is 2.06. The van der Waals surface area contributed by atoms with E-state index in [4.69, 9.17) is 0 Å². The van der Waals surface area contributed by atoms with Crippen LogP contribution in [-0.4, -0.2) is 0 Å². The molecule has 1 rings (SSSR count). The van der Waals surface area contributed by atoms with Crippen LogP contribution in [0.2, 0.25) is 0 Å². The second-order valence-corrected chi connectivity index (χ2v) is 2.74. The third-order valence-corrected chi connectivity index (χ3v) is 1.99. The maximum Gasteiger partial charge on any atom is 0.0157 e. The van der Waals surface area contributed by atoms with Gasteiger partial charge in [-0.3, -0.25) is 0 Å². The van der Waals surface area contributed by atoms with Crippen LogP contribution >= 0.6 is 12.6 Å². The summed E-state index contributed by atoms with van der Waals surface area (Å²) in [5, 5.41) is 0. The summed E-state index contributed by atoms with van der Waals surface area (Å²) < 4.78 is 0. The van der Waals surface area contributed by atoms with Gasteiger partial charge in [0.1, 0.15) is 0 Å². The molecule has 1 heteroatoms. The van der Waals surface area contributed by atoms with E-state index in [1.54, 1.807) is 0 Å². The fourth-order valence-corrected chi connectivity index (χ4v) is 1.37. The van der Waals surface area contributed by atoms with Crippen molar-refractivity contribution in [2.24, 2.45) is 0 Å². The molecule has 0 bridgehead atoms. The summed E-state index contributed by atoms with van der Waals surface area (Å²) in [7, 11) is 0. The van der Waals surface area contributed by atoms with E-state index < -0.39 is 0 Å². The van der Waals surface area contributed by atoms with Gasteiger partial charge in [0.25, 0.3) is 0 Å². The van der Waals surface area contributed by atoms with E-state index in [0.29, 0.717) is 0 Å². The maximum atomic E-state index is 4.24. The van der Waals surface area contributed by atoms with E-state index in [1.807, 2.05) is 18.2 Å². The van der Waals surface area contributed by atoms with Crippen molar-refractivity contribution < 1.29 is 0 Å². The highest BCUT2D eigenvalue weighted by atomic mass is 32.1. The molecule has 0 unspecified atom stereocenters. The van der Waals surface area contributed by atoms with Crippen molar-refractivity contribution in [3.8, 4) is 0 Å². The third-order valence-electron chi connectivity index (χ3n) is 1.65. The van der Waals surface area contributed by atoms with E-state index in [-0.39, 0.29) is 0 Å². The number of allylic oxidation sites excluding steroid dienone is 1. The molecule has 0 aliphatic rings. The molecule has 0 nitrogen and oxygen atoms in total. The van der Waals surface area contributed by atoms with Gasteiger partial charge in [-0.2, -0.15) is 12.6 Å². The van der Waals surface area contributed by atoms with Crippen molar-refractivity contribution in [1.82, 2.24) is 0 Å². The normalized spacial score (nSPS) is 9.55. The molecule has 0 spiro atoms. The Morgan fingerprint density at radius 1 is 1.27 bits per heavy atom. The quantitative estimate of drug-likeness (QED) is 0.515. The van der Waals surface area contributed by atoms with Crippen LogP contribution in [0, 0.1) is 0 Å². The van der Waals surface area contributed by atoms with Crippen molar-refractivity contribution in [3.05, 3.63) is 48.0 Å². The van der Waals surface area contributed by atoms with Gasteiger partial charge in [0.05, 0.1) is 0 Å². The molecule has 1 aromatic rings. The highest BCUT2D eigenvalue weighted by molar-refractivity contribution is 7.79. The van der Waals surface area contributed by atoms with Gasteiger partial charge in [-0.05, 0) is 17.5 Å². The van der Waals surface area contributed by atoms with Crippen molar-refractivity contribution in [2.45, 2.75) is 12.2 Å². The van der Waals surface area contributed by atoms with Gasteiger partial charge in [0.15, 0.2) is 0 Å². The van der Waals surface area contributed by atoms with Gasteiger partial charge >= 0.3 is 0 Å². The highest BCUT2D eigenvalue weighted by Crippen LogP contribution is 2.11. The van der Waals surface area contributed by atoms with Gasteiger partial charge in [0.2, 0.25) is 0 Å². The summed E-state index contributed by atoms with van der Waals surface area (Å²) in [4.78, 5) is 0.